The van der Waals surface area contributed by atoms with E-state index in [1.807, 2.05) is 0 Å². The highest BCUT2D eigenvalue weighted by Crippen LogP contribution is 2.45. The molecule has 0 fully saturated rings. The van der Waals surface area contributed by atoms with Crippen molar-refractivity contribution in [1.82, 2.24) is 0 Å². The van der Waals surface area contributed by atoms with Gasteiger partial charge in [0.25, 0.3) is 0 Å². The quantitative estimate of drug-likeness (QED) is 0.479. The second kappa shape index (κ2) is 3.68. The number of fused-ring (bicyclic) bond motifs is 1. The normalized spacial score (nSPS) is 27.7. The molecule has 0 aromatic heterocycles. The molecule has 0 saturated carbocycles. The molecular formula is C11H9BrO4. The summed E-state index contributed by atoms with van der Waals surface area (Å²) in [6.45, 7) is 0. The summed E-state index contributed by atoms with van der Waals surface area (Å²) in [5, 5.41) is 10.1. The lowest BCUT2D eigenvalue weighted by Crippen LogP contribution is -2.46. The van der Waals surface area contributed by atoms with E-state index >= 15 is 0 Å². The fourth-order valence-electron chi connectivity index (χ4n) is 1.82. The number of esters is 1. The van der Waals surface area contributed by atoms with Crippen LogP contribution in [0.2, 0.25) is 0 Å². The van der Waals surface area contributed by atoms with Gasteiger partial charge >= 0.3 is 5.97 Å². The highest BCUT2D eigenvalue weighted by atomic mass is 79.9. The van der Waals surface area contributed by atoms with E-state index in [4.69, 9.17) is 0 Å². The van der Waals surface area contributed by atoms with E-state index in [1.165, 1.54) is 0 Å². The van der Waals surface area contributed by atoms with Gasteiger partial charge in [-0.25, -0.2) is 4.79 Å². The molecule has 2 unspecified atom stereocenters. The maximum Gasteiger partial charge on any atom is 0.347 e. The lowest BCUT2D eigenvalue weighted by Gasteiger charge is -2.21. The molecule has 0 aliphatic heterocycles. The van der Waals surface area contributed by atoms with Crippen LogP contribution >= 0.6 is 15.9 Å². The number of rotatable bonds is 1. The number of benzene rings is 1. The fourth-order valence-corrected chi connectivity index (χ4v) is 2.62. The molecule has 1 aliphatic rings. The van der Waals surface area contributed by atoms with Crippen molar-refractivity contribution in [3.63, 3.8) is 0 Å². The monoisotopic (exact) mass is 284 g/mol. The first-order valence-electron chi connectivity index (χ1n) is 4.62. The summed E-state index contributed by atoms with van der Waals surface area (Å²) < 4.78 is 4.47. The topological polar surface area (TPSA) is 63.6 Å². The molecule has 0 heterocycles. The van der Waals surface area contributed by atoms with Gasteiger partial charge in [-0.05, 0) is 5.56 Å². The van der Waals surface area contributed by atoms with Gasteiger partial charge in [-0.1, -0.05) is 40.2 Å². The van der Waals surface area contributed by atoms with Crippen LogP contribution in [0.1, 0.15) is 20.7 Å². The van der Waals surface area contributed by atoms with Gasteiger partial charge in [0.2, 0.25) is 11.4 Å². The van der Waals surface area contributed by atoms with Crippen molar-refractivity contribution < 1.29 is 19.4 Å². The fraction of sp³-hybridized carbons (Fsp3) is 0.273. The Hall–Kier alpha value is -1.20. The minimum atomic E-state index is -2.15. The van der Waals surface area contributed by atoms with Gasteiger partial charge in [-0.15, -0.1) is 0 Å². The number of Topliss-reactive ketones (excluding diaryl/α,β-unsaturated/α-hetero) is 1. The van der Waals surface area contributed by atoms with E-state index in [1.54, 1.807) is 24.3 Å². The third kappa shape index (κ3) is 1.25. The summed E-state index contributed by atoms with van der Waals surface area (Å²) in [5.41, 5.74) is -1.21. The Balaban J connectivity index is 2.58. The summed E-state index contributed by atoms with van der Waals surface area (Å²) in [4.78, 5) is 22.7. The Labute approximate surface area is 100 Å². The van der Waals surface area contributed by atoms with E-state index in [-0.39, 0.29) is 0 Å². The van der Waals surface area contributed by atoms with Crippen LogP contribution in [0, 0.1) is 0 Å². The van der Waals surface area contributed by atoms with Crippen molar-refractivity contribution in [3.8, 4) is 0 Å². The van der Waals surface area contributed by atoms with Crippen LogP contribution in [-0.4, -0.2) is 29.6 Å². The van der Waals surface area contributed by atoms with Crippen LogP contribution in [0.3, 0.4) is 0 Å². The Morgan fingerprint density at radius 2 is 2.12 bits per heavy atom. The van der Waals surface area contributed by atoms with Gasteiger partial charge in [0.1, 0.15) is 0 Å². The number of carbonyl (C=O) groups is 2. The van der Waals surface area contributed by atoms with Crippen molar-refractivity contribution in [3.05, 3.63) is 35.4 Å². The second-order valence-electron chi connectivity index (χ2n) is 3.54. The van der Waals surface area contributed by atoms with Crippen molar-refractivity contribution in [2.75, 3.05) is 7.11 Å². The van der Waals surface area contributed by atoms with Gasteiger partial charge in [0, 0.05) is 5.56 Å². The maximum atomic E-state index is 11.9. The number of alkyl halides is 1. The Morgan fingerprint density at radius 3 is 2.69 bits per heavy atom. The number of hydrogen-bond acceptors (Lipinski definition) is 4. The average molecular weight is 285 g/mol. The van der Waals surface area contributed by atoms with E-state index in [2.05, 4.69) is 20.7 Å². The van der Waals surface area contributed by atoms with Crippen LogP contribution in [0.4, 0.5) is 0 Å². The Morgan fingerprint density at radius 1 is 1.50 bits per heavy atom. The first kappa shape index (κ1) is 11.3. The molecule has 1 aliphatic carbocycles. The van der Waals surface area contributed by atoms with E-state index in [0.29, 0.717) is 11.1 Å². The second-order valence-corrected chi connectivity index (χ2v) is 4.45. The summed E-state index contributed by atoms with van der Waals surface area (Å²) in [6, 6.07) is 6.68. The zero-order valence-corrected chi connectivity index (χ0v) is 10.0. The molecule has 0 bridgehead atoms. The average Bonchev–Trinajstić information content (AvgIpc) is 2.52. The predicted octanol–water partition coefficient (Wildman–Crippen LogP) is 1.22. The zero-order chi connectivity index (χ0) is 11.9. The van der Waals surface area contributed by atoms with Crippen LogP contribution in [0.5, 0.6) is 0 Å². The van der Waals surface area contributed by atoms with Gasteiger partial charge in [0.05, 0.1) is 11.9 Å². The van der Waals surface area contributed by atoms with Crippen LogP contribution in [0.25, 0.3) is 0 Å². The Kier molecular flexibility index (Phi) is 2.59. The SMILES string of the molecule is COC(=O)C1(O)C(=O)c2ccccc2C1Br. The zero-order valence-electron chi connectivity index (χ0n) is 8.44. The van der Waals surface area contributed by atoms with Crippen molar-refractivity contribution in [1.29, 1.82) is 0 Å². The number of methoxy groups -OCH3 is 1. The van der Waals surface area contributed by atoms with Crippen LogP contribution in [0.15, 0.2) is 24.3 Å². The molecule has 1 aromatic rings. The molecule has 1 N–H and O–H groups in total. The predicted molar refractivity (Wildman–Crippen MR) is 59.4 cm³/mol. The van der Waals surface area contributed by atoms with E-state index in [0.717, 1.165) is 7.11 Å². The number of carbonyl (C=O) groups excluding carboxylic acids is 2. The highest BCUT2D eigenvalue weighted by Gasteiger charge is 2.57. The summed E-state index contributed by atoms with van der Waals surface area (Å²) in [7, 11) is 1.14. The van der Waals surface area contributed by atoms with Gasteiger partial charge in [-0.3, -0.25) is 4.79 Å². The number of halogens is 1. The molecule has 0 radical (unpaired) electrons. The van der Waals surface area contributed by atoms with E-state index in [9.17, 15) is 14.7 Å². The first-order chi connectivity index (χ1) is 7.53. The largest absolute Gasteiger partial charge is 0.466 e. The molecule has 1 aromatic carbocycles. The van der Waals surface area contributed by atoms with Gasteiger partial charge in [-0.2, -0.15) is 0 Å². The third-order valence-corrected chi connectivity index (χ3v) is 3.84. The lowest BCUT2D eigenvalue weighted by atomic mass is 9.99. The van der Waals surface area contributed by atoms with Crippen molar-refractivity contribution in [2.24, 2.45) is 0 Å². The Bertz CT molecular complexity index is 471. The molecule has 0 saturated heterocycles. The standard InChI is InChI=1S/C11H9BrO4/c1-16-10(14)11(15)8(12)6-4-2-3-5-7(6)9(11)13/h2-5,8,15H,1H3. The minimum Gasteiger partial charge on any atom is -0.466 e. The number of ketones is 1. The summed E-state index contributed by atoms with van der Waals surface area (Å²) >= 11 is 3.17. The van der Waals surface area contributed by atoms with Crippen LogP contribution < -0.4 is 0 Å². The lowest BCUT2D eigenvalue weighted by molar-refractivity contribution is -0.156. The van der Waals surface area contributed by atoms with E-state index < -0.39 is 22.2 Å². The molecule has 2 rings (SSSR count). The van der Waals surface area contributed by atoms with Gasteiger partial charge < -0.3 is 9.84 Å². The number of ether oxygens (including phenoxy) is 1. The molecule has 4 nitrogen and oxygen atoms in total. The van der Waals surface area contributed by atoms with Crippen molar-refractivity contribution in [2.45, 2.75) is 10.4 Å². The number of hydrogen-bond donors (Lipinski definition) is 1. The number of aliphatic hydroxyl groups is 1. The molecule has 0 amide bonds. The van der Waals surface area contributed by atoms with Crippen molar-refractivity contribution >= 4 is 27.7 Å². The molecule has 16 heavy (non-hydrogen) atoms. The summed E-state index contributed by atoms with van der Waals surface area (Å²) in [5.74, 6) is -1.58. The van der Waals surface area contributed by atoms with Crippen LogP contribution in [-0.2, 0) is 9.53 Å². The third-order valence-electron chi connectivity index (χ3n) is 2.69. The summed E-state index contributed by atoms with van der Waals surface area (Å²) in [6.07, 6.45) is 0. The molecular weight excluding hydrogens is 276 g/mol. The van der Waals surface area contributed by atoms with Gasteiger partial charge in [0.15, 0.2) is 0 Å². The molecule has 2 atom stereocenters. The smallest absolute Gasteiger partial charge is 0.347 e. The molecule has 84 valence electrons. The molecule has 5 heteroatoms. The maximum absolute atomic E-state index is 11.9. The first-order valence-corrected chi connectivity index (χ1v) is 5.53. The minimum absolute atomic E-state index is 0.345. The molecule has 0 spiro atoms. The highest BCUT2D eigenvalue weighted by molar-refractivity contribution is 9.09.